The van der Waals surface area contributed by atoms with Gasteiger partial charge < -0.3 is 19.9 Å². The lowest BCUT2D eigenvalue weighted by molar-refractivity contribution is 0.197. The molecule has 1 atom stereocenters. The molecule has 0 aliphatic carbocycles. The molecule has 80 valence electrons. The van der Waals surface area contributed by atoms with Crippen molar-refractivity contribution in [3.8, 4) is 0 Å². The summed E-state index contributed by atoms with van der Waals surface area (Å²) >= 11 is 0. The van der Waals surface area contributed by atoms with Crippen LogP contribution in [0.4, 0.5) is 0 Å². The van der Waals surface area contributed by atoms with Crippen LogP contribution in [-0.2, 0) is 6.54 Å². The van der Waals surface area contributed by atoms with E-state index >= 15 is 0 Å². The molecule has 0 spiro atoms. The van der Waals surface area contributed by atoms with Gasteiger partial charge in [-0.1, -0.05) is 0 Å². The van der Waals surface area contributed by atoms with Gasteiger partial charge in [0, 0.05) is 12.6 Å². The summed E-state index contributed by atoms with van der Waals surface area (Å²) in [6, 6.07) is 3.73. The van der Waals surface area contributed by atoms with Crippen molar-refractivity contribution < 1.29 is 14.6 Å². The minimum absolute atomic E-state index is 0.0280. The Bertz CT molecular complexity index is 260. The lowest BCUT2D eigenvalue weighted by Gasteiger charge is -2.13. The maximum absolute atomic E-state index is 8.94. The fourth-order valence-corrected chi connectivity index (χ4v) is 1.24. The summed E-state index contributed by atoms with van der Waals surface area (Å²) < 4.78 is 5.35. The van der Waals surface area contributed by atoms with E-state index in [1.807, 2.05) is 19.1 Å². The SMILES string of the molecule is Cc1ccc(CNC(CO)CCO)o1. The van der Waals surface area contributed by atoms with Crippen molar-refractivity contribution in [2.45, 2.75) is 25.9 Å². The van der Waals surface area contributed by atoms with Gasteiger partial charge in [0.05, 0.1) is 13.2 Å². The third kappa shape index (κ3) is 3.49. The monoisotopic (exact) mass is 199 g/mol. The van der Waals surface area contributed by atoms with Gasteiger partial charge in [0.15, 0.2) is 0 Å². The first kappa shape index (κ1) is 11.2. The van der Waals surface area contributed by atoms with Crippen LogP contribution in [0.1, 0.15) is 17.9 Å². The lowest BCUT2D eigenvalue weighted by Crippen LogP contribution is -2.32. The molecule has 1 rings (SSSR count). The summed E-state index contributed by atoms with van der Waals surface area (Å²) in [6.07, 6.45) is 0.552. The summed E-state index contributed by atoms with van der Waals surface area (Å²) in [4.78, 5) is 0. The van der Waals surface area contributed by atoms with E-state index < -0.39 is 0 Å². The maximum Gasteiger partial charge on any atom is 0.117 e. The van der Waals surface area contributed by atoms with Crippen LogP contribution >= 0.6 is 0 Å². The van der Waals surface area contributed by atoms with E-state index in [4.69, 9.17) is 14.6 Å². The minimum Gasteiger partial charge on any atom is -0.465 e. The molecule has 0 saturated carbocycles. The van der Waals surface area contributed by atoms with Gasteiger partial charge in [-0.25, -0.2) is 0 Å². The molecule has 1 aromatic rings. The number of aliphatic hydroxyl groups is 2. The zero-order valence-electron chi connectivity index (χ0n) is 8.36. The topological polar surface area (TPSA) is 65.6 Å². The van der Waals surface area contributed by atoms with Gasteiger partial charge in [-0.15, -0.1) is 0 Å². The van der Waals surface area contributed by atoms with Crippen LogP contribution in [0.25, 0.3) is 0 Å². The molecule has 1 heterocycles. The Morgan fingerprint density at radius 1 is 1.43 bits per heavy atom. The van der Waals surface area contributed by atoms with Crippen molar-refractivity contribution in [3.05, 3.63) is 23.7 Å². The van der Waals surface area contributed by atoms with Gasteiger partial charge in [-0.3, -0.25) is 0 Å². The van der Waals surface area contributed by atoms with Crippen molar-refractivity contribution >= 4 is 0 Å². The highest BCUT2D eigenvalue weighted by molar-refractivity contribution is 5.05. The normalized spacial score (nSPS) is 13.1. The highest BCUT2D eigenvalue weighted by Crippen LogP contribution is 2.06. The number of aryl methyl sites for hydroxylation is 1. The molecular weight excluding hydrogens is 182 g/mol. The largest absolute Gasteiger partial charge is 0.465 e. The van der Waals surface area contributed by atoms with Crippen LogP contribution in [0.15, 0.2) is 16.5 Å². The standard InChI is InChI=1S/C10H17NO3/c1-8-2-3-10(14-8)6-11-9(7-13)4-5-12/h2-3,9,11-13H,4-7H2,1H3. The molecule has 0 aromatic carbocycles. The quantitative estimate of drug-likeness (QED) is 0.621. The summed E-state index contributed by atoms with van der Waals surface area (Å²) in [5, 5.41) is 20.7. The average Bonchev–Trinajstić information content (AvgIpc) is 2.59. The number of rotatable bonds is 6. The molecule has 0 amide bonds. The molecule has 0 saturated heterocycles. The van der Waals surface area contributed by atoms with E-state index in [1.54, 1.807) is 0 Å². The molecule has 1 aromatic heterocycles. The second-order valence-corrected chi connectivity index (χ2v) is 3.29. The first-order valence-electron chi connectivity index (χ1n) is 4.76. The molecule has 3 N–H and O–H groups in total. The molecule has 4 nitrogen and oxygen atoms in total. The summed E-state index contributed by atoms with van der Waals surface area (Å²) in [6.45, 7) is 2.58. The van der Waals surface area contributed by atoms with Crippen LogP contribution in [0.2, 0.25) is 0 Å². The molecule has 1 unspecified atom stereocenters. The Balaban J connectivity index is 2.31. The maximum atomic E-state index is 8.94. The summed E-state index contributed by atoms with van der Waals surface area (Å²) in [5.41, 5.74) is 0. The third-order valence-electron chi connectivity index (χ3n) is 2.06. The third-order valence-corrected chi connectivity index (χ3v) is 2.06. The highest BCUT2D eigenvalue weighted by atomic mass is 16.3. The number of furan rings is 1. The van der Waals surface area contributed by atoms with Crippen molar-refractivity contribution in [2.24, 2.45) is 0 Å². The van der Waals surface area contributed by atoms with Gasteiger partial charge >= 0.3 is 0 Å². The van der Waals surface area contributed by atoms with E-state index in [9.17, 15) is 0 Å². The lowest BCUT2D eigenvalue weighted by atomic mass is 10.2. The Labute approximate surface area is 83.6 Å². The molecule has 0 fully saturated rings. The number of nitrogens with one attached hydrogen (secondary N) is 1. The van der Waals surface area contributed by atoms with Crippen LogP contribution in [-0.4, -0.2) is 29.5 Å². The zero-order valence-corrected chi connectivity index (χ0v) is 8.36. The predicted molar refractivity (Wildman–Crippen MR) is 52.9 cm³/mol. The Kier molecular flexibility index (Phi) is 4.65. The van der Waals surface area contributed by atoms with Crippen molar-refractivity contribution in [2.75, 3.05) is 13.2 Å². The van der Waals surface area contributed by atoms with Crippen LogP contribution in [0.3, 0.4) is 0 Å². The second kappa shape index (κ2) is 5.80. The van der Waals surface area contributed by atoms with E-state index in [0.717, 1.165) is 11.5 Å². The van der Waals surface area contributed by atoms with Gasteiger partial charge in [-0.2, -0.15) is 0 Å². The molecule has 0 aliphatic heterocycles. The number of hydrogen-bond donors (Lipinski definition) is 3. The second-order valence-electron chi connectivity index (χ2n) is 3.29. The smallest absolute Gasteiger partial charge is 0.117 e. The Hall–Kier alpha value is -0.840. The van der Waals surface area contributed by atoms with E-state index in [-0.39, 0.29) is 19.3 Å². The van der Waals surface area contributed by atoms with Crippen LogP contribution < -0.4 is 5.32 Å². The predicted octanol–water partition coefficient (Wildman–Crippen LogP) is 0.421. The van der Waals surface area contributed by atoms with Gasteiger partial charge in [0.2, 0.25) is 0 Å². The van der Waals surface area contributed by atoms with E-state index in [1.165, 1.54) is 0 Å². The molecule has 14 heavy (non-hydrogen) atoms. The Morgan fingerprint density at radius 3 is 2.71 bits per heavy atom. The Morgan fingerprint density at radius 2 is 2.21 bits per heavy atom. The van der Waals surface area contributed by atoms with Crippen LogP contribution in [0.5, 0.6) is 0 Å². The average molecular weight is 199 g/mol. The van der Waals surface area contributed by atoms with Gasteiger partial charge in [0.25, 0.3) is 0 Å². The van der Waals surface area contributed by atoms with Gasteiger partial charge in [-0.05, 0) is 25.5 Å². The molecule has 4 heteroatoms. The van der Waals surface area contributed by atoms with Crippen molar-refractivity contribution in [3.63, 3.8) is 0 Å². The molecular formula is C10H17NO3. The van der Waals surface area contributed by atoms with Crippen molar-refractivity contribution in [1.29, 1.82) is 0 Å². The number of aliphatic hydroxyl groups excluding tert-OH is 2. The van der Waals surface area contributed by atoms with Crippen molar-refractivity contribution in [1.82, 2.24) is 5.32 Å². The molecule has 0 bridgehead atoms. The van der Waals surface area contributed by atoms with Crippen LogP contribution in [0, 0.1) is 6.92 Å². The molecule has 0 aliphatic rings. The fraction of sp³-hybridized carbons (Fsp3) is 0.600. The summed E-state index contributed by atoms with van der Waals surface area (Å²) in [5.74, 6) is 1.73. The number of hydrogen-bond acceptors (Lipinski definition) is 4. The van der Waals surface area contributed by atoms with E-state index in [0.29, 0.717) is 13.0 Å². The first-order valence-corrected chi connectivity index (χ1v) is 4.76. The van der Waals surface area contributed by atoms with Gasteiger partial charge in [0.1, 0.15) is 11.5 Å². The minimum atomic E-state index is -0.0644. The fourth-order valence-electron chi connectivity index (χ4n) is 1.24. The first-order chi connectivity index (χ1) is 6.76. The van der Waals surface area contributed by atoms with E-state index in [2.05, 4.69) is 5.32 Å². The molecule has 0 radical (unpaired) electrons. The summed E-state index contributed by atoms with van der Waals surface area (Å²) in [7, 11) is 0. The highest BCUT2D eigenvalue weighted by Gasteiger charge is 2.06. The zero-order chi connectivity index (χ0) is 10.4.